The fourth-order valence-electron chi connectivity index (χ4n) is 1.10. The van der Waals surface area contributed by atoms with Gasteiger partial charge in [-0.2, -0.15) is 0 Å². The third kappa shape index (κ3) is 1.22. The van der Waals surface area contributed by atoms with Gasteiger partial charge in [0.25, 0.3) is 0 Å². The normalized spacial score (nSPS) is 10.0. The van der Waals surface area contributed by atoms with E-state index >= 15 is 0 Å². The van der Waals surface area contributed by atoms with Crippen molar-refractivity contribution < 1.29 is 4.79 Å². The molecule has 0 saturated carbocycles. The number of nitrogens with two attached hydrogens (primary N) is 1. The zero-order valence-electron chi connectivity index (χ0n) is 7.16. The number of rotatable bonds is 2. The number of carbonyl (C=O) groups is 1. The molecule has 0 spiro atoms. The molecule has 0 unspecified atom stereocenters. The fourth-order valence-corrected chi connectivity index (χ4v) is 1.10. The van der Waals surface area contributed by atoms with Gasteiger partial charge < -0.3 is 5.73 Å². The van der Waals surface area contributed by atoms with E-state index in [0.29, 0.717) is 17.9 Å². The molecule has 0 amide bonds. The number of nitrogens with zero attached hydrogens (tertiary/aromatic N) is 4. The molecular formula is C8H7N5O. The van der Waals surface area contributed by atoms with Gasteiger partial charge >= 0.3 is 0 Å². The minimum absolute atomic E-state index is 0.252. The minimum atomic E-state index is 0.252. The molecule has 70 valence electrons. The van der Waals surface area contributed by atoms with Gasteiger partial charge in [0, 0.05) is 24.8 Å². The van der Waals surface area contributed by atoms with Crippen LogP contribution in [0, 0.1) is 0 Å². The van der Waals surface area contributed by atoms with Crippen LogP contribution < -0.4 is 5.73 Å². The van der Waals surface area contributed by atoms with Crippen LogP contribution in [0.1, 0.15) is 0 Å². The summed E-state index contributed by atoms with van der Waals surface area (Å²) in [4.78, 5) is 22.4. The minimum Gasteiger partial charge on any atom is -0.382 e. The Bertz CT molecular complexity index is 464. The summed E-state index contributed by atoms with van der Waals surface area (Å²) in [7, 11) is 0. The first-order chi connectivity index (χ1) is 6.83. The van der Waals surface area contributed by atoms with Crippen molar-refractivity contribution >= 4 is 12.2 Å². The number of nitrogen functional groups attached to an aromatic ring is 1. The zero-order valence-corrected chi connectivity index (χ0v) is 7.16. The molecule has 0 aromatic carbocycles. The number of aromatic nitrogens is 4. The molecule has 0 aliphatic heterocycles. The summed E-state index contributed by atoms with van der Waals surface area (Å²) >= 11 is 0. The smallest absolute Gasteiger partial charge is 0.219 e. The predicted octanol–water partition coefficient (Wildman–Crippen LogP) is -0.0394. The van der Waals surface area contributed by atoms with E-state index in [1.54, 1.807) is 0 Å². The van der Waals surface area contributed by atoms with E-state index < -0.39 is 0 Å². The number of hydrogen-bond acceptors (Lipinski definition) is 5. The number of anilines is 1. The van der Waals surface area contributed by atoms with Crippen LogP contribution in [-0.2, 0) is 4.79 Å². The van der Waals surface area contributed by atoms with Gasteiger partial charge in [0.2, 0.25) is 6.41 Å². The van der Waals surface area contributed by atoms with Crippen molar-refractivity contribution in [3.8, 4) is 11.5 Å². The third-order valence-corrected chi connectivity index (χ3v) is 1.72. The lowest BCUT2D eigenvalue weighted by Gasteiger charge is -2.01. The second kappa shape index (κ2) is 3.25. The maximum absolute atomic E-state index is 10.6. The quantitative estimate of drug-likeness (QED) is 0.670. The van der Waals surface area contributed by atoms with Crippen molar-refractivity contribution in [2.24, 2.45) is 0 Å². The second-order valence-corrected chi connectivity index (χ2v) is 2.55. The zero-order chi connectivity index (χ0) is 9.97. The fraction of sp³-hybridized carbons (Fsp3) is 0. The van der Waals surface area contributed by atoms with Gasteiger partial charge in [0.05, 0.1) is 0 Å². The van der Waals surface area contributed by atoms with Crippen LogP contribution in [0.2, 0.25) is 0 Å². The van der Waals surface area contributed by atoms with Crippen LogP contribution in [-0.4, -0.2) is 25.9 Å². The molecule has 14 heavy (non-hydrogen) atoms. The second-order valence-electron chi connectivity index (χ2n) is 2.55. The summed E-state index contributed by atoms with van der Waals surface area (Å²) in [6, 6.07) is 0. The van der Waals surface area contributed by atoms with Gasteiger partial charge in [-0.25, -0.2) is 15.0 Å². The monoisotopic (exact) mass is 189 g/mol. The van der Waals surface area contributed by atoms with Crippen molar-refractivity contribution in [1.82, 2.24) is 19.5 Å². The van der Waals surface area contributed by atoms with E-state index in [-0.39, 0.29) is 5.82 Å². The average molecular weight is 189 g/mol. The van der Waals surface area contributed by atoms with Crippen molar-refractivity contribution in [3.63, 3.8) is 0 Å². The largest absolute Gasteiger partial charge is 0.382 e. The first-order valence-electron chi connectivity index (χ1n) is 3.88. The molecule has 0 aliphatic rings. The van der Waals surface area contributed by atoms with Gasteiger partial charge in [-0.05, 0) is 0 Å². The van der Waals surface area contributed by atoms with E-state index in [2.05, 4.69) is 15.0 Å². The molecule has 6 nitrogen and oxygen atoms in total. The van der Waals surface area contributed by atoms with Crippen LogP contribution in [0.5, 0.6) is 0 Å². The van der Waals surface area contributed by atoms with E-state index in [0.717, 1.165) is 0 Å². The third-order valence-electron chi connectivity index (χ3n) is 1.72. The first-order valence-corrected chi connectivity index (χ1v) is 3.88. The SMILES string of the molecule is Nc1nccnc1-c1nccn1C=O. The molecule has 0 atom stereocenters. The van der Waals surface area contributed by atoms with Crippen LogP contribution in [0.25, 0.3) is 11.5 Å². The highest BCUT2D eigenvalue weighted by atomic mass is 16.1. The number of hydrogen-bond donors (Lipinski definition) is 1. The molecule has 2 heterocycles. The Labute approximate surface area is 79.4 Å². The first kappa shape index (κ1) is 8.36. The van der Waals surface area contributed by atoms with Gasteiger partial charge in [-0.15, -0.1) is 0 Å². The number of carbonyl (C=O) groups excluding carboxylic acids is 1. The van der Waals surface area contributed by atoms with Gasteiger partial charge in [-0.3, -0.25) is 9.36 Å². The van der Waals surface area contributed by atoms with Gasteiger partial charge in [0.1, 0.15) is 5.69 Å². The highest BCUT2D eigenvalue weighted by Crippen LogP contribution is 2.17. The predicted molar refractivity (Wildman–Crippen MR) is 49.8 cm³/mol. The summed E-state index contributed by atoms with van der Waals surface area (Å²) in [5.74, 6) is 0.646. The van der Waals surface area contributed by atoms with Crippen LogP contribution in [0.3, 0.4) is 0 Å². The summed E-state index contributed by atoms with van der Waals surface area (Å²) in [5, 5.41) is 0. The molecule has 0 radical (unpaired) electrons. The Balaban J connectivity index is 2.60. The highest BCUT2D eigenvalue weighted by molar-refractivity contribution is 5.69. The van der Waals surface area contributed by atoms with Crippen molar-refractivity contribution in [2.45, 2.75) is 0 Å². The summed E-state index contributed by atoms with van der Waals surface area (Å²) in [6.07, 6.45) is 6.63. The lowest BCUT2D eigenvalue weighted by atomic mass is 10.4. The van der Waals surface area contributed by atoms with Crippen molar-refractivity contribution in [1.29, 1.82) is 0 Å². The van der Waals surface area contributed by atoms with Crippen molar-refractivity contribution in [3.05, 3.63) is 24.8 Å². The Morgan fingerprint density at radius 3 is 2.71 bits per heavy atom. The highest BCUT2D eigenvalue weighted by Gasteiger charge is 2.10. The summed E-state index contributed by atoms with van der Waals surface area (Å²) in [6.45, 7) is 0. The topological polar surface area (TPSA) is 86.7 Å². The number of imidazole rings is 1. The maximum Gasteiger partial charge on any atom is 0.219 e. The van der Waals surface area contributed by atoms with Gasteiger partial charge in [-0.1, -0.05) is 0 Å². The average Bonchev–Trinajstić information content (AvgIpc) is 2.66. The van der Waals surface area contributed by atoms with E-state index in [1.165, 1.54) is 29.4 Å². The van der Waals surface area contributed by atoms with Crippen LogP contribution in [0.4, 0.5) is 5.82 Å². The molecule has 2 N–H and O–H groups in total. The molecule has 0 fully saturated rings. The standard InChI is InChI=1S/C8H7N5O/c9-7-6(10-1-2-11-7)8-12-3-4-13(8)5-14/h1-5H,(H2,9,11). The molecule has 6 heteroatoms. The lowest BCUT2D eigenvalue weighted by Crippen LogP contribution is -2.02. The van der Waals surface area contributed by atoms with Gasteiger partial charge in [0.15, 0.2) is 11.6 Å². The molecular weight excluding hydrogens is 182 g/mol. The molecule has 0 bridgehead atoms. The molecule has 2 rings (SSSR count). The Morgan fingerprint density at radius 1 is 1.21 bits per heavy atom. The van der Waals surface area contributed by atoms with E-state index in [9.17, 15) is 4.79 Å². The van der Waals surface area contributed by atoms with Crippen LogP contribution in [0.15, 0.2) is 24.8 Å². The van der Waals surface area contributed by atoms with E-state index in [1.807, 2.05) is 0 Å². The maximum atomic E-state index is 10.6. The Hall–Kier alpha value is -2.24. The Morgan fingerprint density at radius 2 is 2.00 bits per heavy atom. The Kier molecular flexibility index (Phi) is 1.94. The summed E-state index contributed by atoms with van der Waals surface area (Å²) in [5.41, 5.74) is 6.00. The van der Waals surface area contributed by atoms with Crippen LogP contribution >= 0.6 is 0 Å². The molecule has 0 aliphatic carbocycles. The van der Waals surface area contributed by atoms with Crippen molar-refractivity contribution in [2.75, 3.05) is 5.73 Å². The molecule has 2 aromatic heterocycles. The lowest BCUT2D eigenvalue weighted by molar-refractivity contribution is 0.548. The molecule has 2 aromatic rings. The molecule has 0 saturated heterocycles. The van der Waals surface area contributed by atoms with E-state index in [4.69, 9.17) is 5.73 Å². The summed E-state index contributed by atoms with van der Waals surface area (Å²) < 4.78 is 1.29.